The molecule has 7 heteroatoms. The fourth-order valence-corrected chi connectivity index (χ4v) is 5.11. The fraction of sp³-hybridized carbons (Fsp3) is 0.720. The van der Waals surface area contributed by atoms with Gasteiger partial charge in [0.2, 0.25) is 5.43 Å². The minimum Gasteiger partial charge on any atom is -0.352 e. The summed E-state index contributed by atoms with van der Waals surface area (Å²) in [5.41, 5.74) is -0.210. The molecule has 3 rings (SSSR count). The number of hydrogen-bond donors (Lipinski definition) is 1. The number of hydrogen-bond acceptors (Lipinski definition) is 4. The molecule has 1 saturated heterocycles. The molecule has 1 unspecified atom stereocenters. The standard InChI is InChI=1S/C25H40N4O3/c1-4-7-14-26-24(31)21-17-29(19-11-9-8-10-12-19)18-22(23(21)30)25(32)28-15-13-20(16-28)27(5-2)6-3/h17-20H,4-16H2,1-3H3,(H,26,31). The van der Waals surface area contributed by atoms with Crippen LogP contribution in [0.5, 0.6) is 0 Å². The van der Waals surface area contributed by atoms with Crippen molar-refractivity contribution in [2.24, 2.45) is 0 Å². The van der Waals surface area contributed by atoms with Crippen molar-refractivity contribution in [3.8, 4) is 0 Å². The Labute approximate surface area is 192 Å². The highest BCUT2D eigenvalue weighted by molar-refractivity contribution is 5.99. The average Bonchev–Trinajstić information content (AvgIpc) is 3.30. The lowest BCUT2D eigenvalue weighted by Gasteiger charge is -2.27. The molecule has 1 atom stereocenters. The number of carbonyl (C=O) groups is 2. The molecule has 32 heavy (non-hydrogen) atoms. The lowest BCUT2D eigenvalue weighted by Crippen LogP contribution is -2.40. The van der Waals surface area contributed by atoms with Crippen LogP contribution in [0.3, 0.4) is 0 Å². The van der Waals surface area contributed by atoms with Crippen molar-refractivity contribution in [3.05, 3.63) is 33.7 Å². The zero-order chi connectivity index (χ0) is 23.1. The lowest BCUT2D eigenvalue weighted by atomic mass is 9.95. The van der Waals surface area contributed by atoms with E-state index < -0.39 is 5.43 Å². The molecule has 2 aliphatic rings. The van der Waals surface area contributed by atoms with E-state index in [1.54, 1.807) is 17.3 Å². The Balaban J connectivity index is 1.89. The zero-order valence-corrected chi connectivity index (χ0v) is 20.1. The van der Waals surface area contributed by atoms with Gasteiger partial charge >= 0.3 is 0 Å². The van der Waals surface area contributed by atoms with Crippen molar-refractivity contribution < 1.29 is 9.59 Å². The maximum atomic E-state index is 13.4. The van der Waals surface area contributed by atoms with E-state index in [0.29, 0.717) is 25.7 Å². The first-order chi connectivity index (χ1) is 15.5. The maximum Gasteiger partial charge on any atom is 0.259 e. The predicted octanol–water partition coefficient (Wildman–Crippen LogP) is 3.44. The molecule has 0 spiro atoms. The molecule has 1 saturated carbocycles. The molecule has 2 fully saturated rings. The van der Waals surface area contributed by atoms with E-state index in [1.807, 2.05) is 4.57 Å². The summed E-state index contributed by atoms with van der Waals surface area (Å²) < 4.78 is 1.97. The highest BCUT2D eigenvalue weighted by Crippen LogP contribution is 2.28. The van der Waals surface area contributed by atoms with E-state index in [0.717, 1.165) is 58.0 Å². The minimum absolute atomic E-state index is 0.0945. The van der Waals surface area contributed by atoms with Gasteiger partial charge in [-0.1, -0.05) is 46.5 Å². The first kappa shape index (κ1) is 24.5. The van der Waals surface area contributed by atoms with E-state index in [-0.39, 0.29) is 29.0 Å². The first-order valence-electron chi connectivity index (χ1n) is 12.6. The second-order valence-electron chi connectivity index (χ2n) is 9.18. The minimum atomic E-state index is -0.442. The largest absolute Gasteiger partial charge is 0.352 e. The number of aromatic nitrogens is 1. The molecule has 0 radical (unpaired) electrons. The van der Waals surface area contributed by atoms with E-state index in [2.05, 4.69) is 31.0 Å². The molecule has 2 amide bonds. The summed E-state index contributed by atoms with van der Waals surface area (Å²) in [4.78, 5) is 43.7. The van der Waals surface area contributed by atoms with E-state index >= 15 is 0 Å². The molecule has 1 aromatic heterocycles. The van der Waals surface area contributed by atoms with E-state index in [9.17, 15) is 14.4 Å². The van der Waals surface area contributed by atoms with E-state index in [1.165, 1.54) is 6.42 Å². The number of nitrogens with one attached hydrogen (secondary N) is 1. The van der Waals surface area contributed by atoms with Gasteiger partial charge in [0.15, 0.2) is 0 Å². The second-order valence-corrected chi connectivity index (χ2v) is 9.18. The molecule has 0 bridgehead atoms. The Kier molecular flexibility index (Phi) is 8.91. The third kappa shape index (κ3) is 5.61. The second kappa shape index (κ2) is 11.6. The SMILES string of the molecule is CCCCNC(=O)c1cn(C2CCCCC2)cc(C(=O)N2CCC(N(CC)CC)C2)c1=O. The van der Waals surface area contributed by atoms with E-state index in [4.69, 9.17) is 0 Å². The summed E-state index contributed by atoms with van der Waals surface area (Å²) in [5, 5.41) is 2.86. The summed E-state index contributed by atoms with van der Waals surface area (Å²) in [7, 11) is 0. The van der Waals surface area contributed by atoms with Crippen molar-refractivity contribution in [1.29, 1.82) is 0 Å². The van der Waals surface area contributed by atoms with Gasteiger partial charge in [-0.25, -0.2) is 0 Å². The number of carbonyl (C=O) groups excluding carboxylic acids is 2. The highest BCUT2D eigenvalue weighted by Gasteiger charge is 2.32. The molecule has 1 aromatic rings. The molecule has 2 heterocycles. The number of rotatable bonds is 9. The van der Waals surface area contributed by atoms with Crippen LogP contribution in [0.2, 0.25) is 0 Å². The van der Waals surface area contributed by atoms with Gasteiger partial charge in [0.1, 0.15) is 11.1 Å². The molecule has 178 valence electrons. The van der Waals surface area contributed by atoms with Crippen molar-refractivity contribution in [2.45, 2.75) is 84.2 Å². The van der Waals surface area contributed by atoms with Crippen molar-refractivity contribution in [1.82, 2.24) is 19.7 Å². The van der Waals surface area contributed by atoms with Gasteiger partial charge in [-0.2, -0.15) is 0 Å². The number of likely N-dealkylation sites (tertiary alicyclic amines) is 1. The number of amides is 2. The van der Waals surface area contributed by atoms with Gasteiger partial charge in [0, 0.05) is 44.1 Å². The molecule has 1 aliphatic carbocycles. The number of pyridine rings is 1. The van der Waals surface area contributed by atoms with Gasteiger partial charge < -0.3 is 14.8 Å². The molecular weight excluding hydrogens is 404 g/mol. The maximum absolute atomic E-state index is 13.4. The quantitative estimate of drug-likeness (QED) is 0.592. The van der Waals surface area contributed by atoms with Crippen molar-refractivity contribution in [2.75, 3.05) is 32.7 Å². The van der Waals surface area contributed by atoms with Crippen LogP contribution in [0, 0.1) is 0 Å². The molecule has 7 nitrogen and oxygen atoms in total. The Bertz CT molecular complexity index is 840. The molecule has 0 aromatic carbocycles. The molecule has 1 N–H and O–H groups in total. The fourth-order valence-electron chi connectivity index (χ4n) is 5.11. The van der Waals surface area contributed by atoms with Crippen LogP contribution >= 0.6 is 0 Å². The van der Waals surface area contributed by atoms with Crippen LogP contribution < -0.4 is 10.7 Å². The van der Waals surface area contributed by atoms with Crippen LogP contribution in [0.1, 0.15) is 98.9 Å². The van der Waals surface area contributed by atoms with Gasteiger partial charge in [-0.15, -0.1) is 0 Å². The Morgan fingerprint density at radius 1 is 1.03 bits per heavy atom. The Morgan fingerprint density at radius 3 is 2.38 bits per heavy atom. The summed E-state index contributed by atoms with van der Waals surface area (Å²) in [5.74, 6) is -0.609. The average molecular weight is 445 g/mol. The molecule has 1 aliphatic heterocycles. The summed E-state index contributed by atoms with van der Waals surface area (Å²) in [6.07, 6.45) is 11.7. The highest BCUT2D eigenvalue weighted by atomic mass is 16.2. The van der Waals surface area contributed by atoms with Gasteiger partial charge in [0.25, 0.3) is 11.8 Å². The van der Waals surface area contributed by atoms with Crippen LogP contribution in [0.25, 0.3) is 0 Å². The van der Waals surface area contributed by atoms with Crippen molar-refractivity contribution in [3.63, 3.8) is 0 Å². The number of unbranched alkanes of at least 4 members (excludes halogenated alkanes) is 1. The number of nitrogens with zero attached hydrogens (tertiary/aromatic N) is 3. The normalized spacial score (nSPS) is 19.5. The van der Waals surface area contributed by atoms with Crippen LogP contribution in [-0.2, 0) is 0 Å². The lowest BCUT2D eigenvalue weighted by molar-refractivity contribution is 0.0775. The topological polar surface area (TPSA) is 74.7 Å². The van der Waals surface area contributed by atoms with Gasteiger partial charge in [-0.05, 0) is 38.8 Å². The first-order valence-corrected chi connectivity index (χ1v) is 12.6. The summed E-state index contributed by atoms with van der Waals surface area (Å²) in [6, 6.07) is 0.565. The Hall–Kier alpha value is -2.15. The molecular formula is C25H40N4O3. The van der Waals surface area contributed by atoms with Crippen LogP contribution in [0.4, 0.5) is 0 Å². The smallest absolute Gasteiger partial charge is 0.259 e. The van der Waals surface area contributed by atoms with Crippen LogP contribution in [-0.4, -0.2) is 64.9 Å². The van der Waals surface area contributed by atoms with Crippen molar-refractivity contribution >= 4 is 11.8 Å². The monoisotopic (exact) mass is 444 g/mol. The summed E-state index contributed by atoms with van der Waals surface area (Å²) >= 11 is 0. The Morgan fingerprint density at radius 2 is 1.72 bits per heavy atom. The third-order valence-corrected chi connectivity index (χ3v) is 7.11. The number of likely N-dealkylation sites (N-methyl/N-ethyl adjacent to an activating group) is 1. The zero-order valence-electron chi connectivity index (χ0n) is 20.1. The van der Waals surface area contributed by atoms with Crippen LogP contribution in [0.15, 0.2) is 17.2 Å². The van der Waals surface area contributed by atoms with Gasteiger partial charge in [0.05, 0.1) is 0 Å². The third-order valence-electron chi connectivity index (χ3n) is 7.11. The summed E-state index contributed by atoms with van der Waals surface area (Å²) in [6.45, 7) is 10.0. The van der Waals surface area contributed by atoms with Gasteiger partial charge in [-0.3, -0.25) is 19.3 Å². The predicted molar refractivity (Wildman–Crippen MR) is 127 cm³/mol.